The number of phenols is 1. The molecule has 2 N–H and O–H groups in total. The third-order valence-corrected chi connectivity index (χ3v) is 6.26. The molecule has 1 aliphatic carbocycles. The summed E-state index contributed by atoms with van der Waals surface area (Å²) >= 11 is 6.02. The van der Waals surface area contributed by atoms with E-state index in [4.69, 9.17) is 11.6 Å². The predicted molar refractivity (Wildman–Crippen MR) is 112 cm³/mol. The predicted octanol–water partition coefficient (Wildman–Crippen LogP) is 5.25. The number of benzene rings is 2. The van der Waals surface area contributed by atoms with Crippen molar-refractivity contribution in [2.75, 3.05) is 0 Å². The molecule has 1 heterocycles. The molecule has 1 aromatic heterocycles. The maximum Gasteiger partial charge on any atom is 0.419 e. The first-order valence-electron chi connectivity index (χ1n) is 9.64. The summed E-state index contributed by atoms with van der Waals surface area (Å²) in [5, 5.41) is 21.6. The van der Waals surface area contributed by atoms with E-state index in [1.54, 1.807) is 0 Å². The van der Waals surface area contributed by atoms with Crippen LogP contribution < -0.4 is 5.43 Å². The molecule has 168 valence electrons. The second-order valence-electron chi connectivity index (χ2n) is 8.23. The van der Waals surface area contributed by atoms with Gasteiger partial charge in [0.2, 0.25) is 0 Å². The number of phenolic OH excluding ortho intramolecular Hbond substituents is 1. The summed E-state index contributed by atoms with van der Waals surface area (Å²) in [5.41, 5.74) is -5.20. The molecule has 0 amide bonds. The molecule has 3 unspecified atom stereocenters. The van der Waals surface area contributed by atoms with Gasteiger partial charge in [0.25, 0.3) is 0 Å². The molecule has 4 nitrogen and oxygen atoms in total. The van der Waals surface area contributed by atoms with Crippen LogP contribution in [0, 0.1) is 5.82 Å². The van der Waals surface area contributed by atoms with Crippen LogP contribution >= 0.6 is 11.6 Å². The number of aromatic hydroxyl groups is 1. The Kier molecular flexibility index (Phi) is 5.14. The standard InChI is InChI=1S/C23H18ClF4NO3/c1-21(16-11-14(25)3-5-19(16)31)8-6-20(22(32,12-21)23(26,27)28)29-9-7-18(30)15-4-2-13(24)10-17(15)29/h2-11,20,31-32H,12H2,1H3. The zero-order chi connectivity index (χ0) is 23.5. The van der Waals surface area contributed by atoms with Gasteiger partial charge in [-0.3, -0.25) is 4.79 Å². The van der Waals surface area contributed by atoms with Crippen molar-refractivity contribution in [3.8, 4) is 5.75 Å². The van der Waals surface area contributed by atoms with Crippen molar-refractivity contribution in [1.29, 1.82) is 0 Å². The summed E-state index contributed by atoms with van der Waals surface area (Å²) < 4.78 is 58.0. The number of halogens is 5. The van der Waals surface area contributed by atoms with Crippen LogP contribution in [0.4, 0.5) is 17.6 Å². The van der Waals surface area contributed by atoms with E-state index in [9.17, 15) is 32.6 Å². The Morgan fingerprint density at radius 1 is 1.16 bits per heavy atom. The van der Waals surface area contributed by atoms with Crippen molar-refractivity contribution in [3.05, 3.63) is 87.4 Å². The van der Waals surface area contributed by atoms with Crippen molar-refractivity contribution in [2.45, 2.75) is 36.6 Å². The van der Waals surface area contributed by atoms with Crippen LogP contribution in [0.5, 0.6) is 5.75 Å². The maximum atomic E-state index is 14.3. The van der Waals surface area contributed by atoms with Gasteiger partial charge in [-0.2, -0.15) is 13.2 Å². The second-order valence-corrected chi connectivity index (χ2v) is 8.67. The van der Waals surface area contributed by atoms with Crippen molar-refractivity contribution < 1.29 is 27.8 Å². The Bertz CT molecular complexity index is 1300. The quantitative estimate of drug-likeness (QED) is 0.399. The second kappa shape index (κ2) is 7.35. The van der Waals surface area contributed by atoms with Gasteiger partial charge in [-0.15, -0.1) is 0 Å². The number of aliphatic hydroxyl groups is 1. The Balaban J connectivity index is 1.96. The molecule has 0 bridgehead atoms. The first kappa shape index (κ1) is 22.4. The average Bonchev–Trinajstić information content (AvgIpc) is 2.70. The third-order valence-electron chi connectivity index (χ3n) is 6.03. The lowest BCUT2D eigenvalue weighted by atomic mass is 9.66. The largest absolute Gasteiger partial charge is 0.508 e. The summed E-state index contributed by atoms with van der Waals surface area (Å²) in [5.74, 6) is -1.12. The summed E-state index contributed by atoms with van der Waals surface area (Å²) in [4.78, 5) is 12.2. The fourth-order valence-corrected chi connectivity index (χ4v) is 4.58. The topological polar surface area (TPSA) is 62.5 Å². The lowest BCUT2D eigenvalue weighted by Gasteiger charge is -2.46. The van der Waals surface area contributed by atoms with Crippen LogP contribution in [0.2, 0.25) is 5.02 Å². The molecule has 32 heavy (non-hydrogen) atoms. The molecule has 0 saturated carbocycles. The minimum atomic E-state index is -5.10. The highest BCUT2D eigenvalue weighted by Gasteiger charge is 2.62. The molecule has 0 fully saturated rings. The first-order chi connectivity index (χ1) is 14.9. The number of nitrogens with zero attached hydrogens (tertiary/aromatic N) is 1. The Labute approximate surface area is 185 Å². The molecule has 2 aromatic carbocycles. The van der Waals surface area contributed by atoms with Crippen molar-refractivity contribution in [3.63, 3.8) is 0 Å². The van der Waals surface area contributed by atoms with Gasteiger partial charge >= 0.3 is 6.18 Å². The van der Waals surface area contributed by atoms with Gasteiger partial charge in [-0.05, 0) is 36.4 Å². The van der Waals surface area contributed by atoms with Gasteiger partial charge in [0, 0.05) is 40.1 Å². The highest BCUT2D eigenvalue weighted by molar-refractivity contribution is 6.31. The van der Waals surface area contributed by atoms with Crippen LogP contribution in [-0.2, 0) is 5.41 Å². The first-order valence-corrected chi connectivity index (χ1v) is 10.0. The van der Waals surface area contributed by atoms with E-state index in [2.05, 4.69) is 0 Å². The van der Waals surface area contributed by atoms with Gasteiger partial charge < -0.3 is 14.8 Å². The number of rotatable bonds is 2. The fraction of sp³-hybridized carbons (Fsp3) is 0.261. The Morgan fingerprint density at radius 3 is 2.56 bits per heavy atom. The van der Waals surface area contributed by atoms with E-state index in [1.807, 2.05) is 0 Å². The summed E-state index contributed by atoms with van der Waals surface area (Å²) in [6, 6.07) is 6.68. The smallest absolute Gasteiger partial charge is 0.419 e. The molecule has 0 radical (unpaired) electrons. The zero-order valence-corrected chi connectivity index (χ0v) is 17.5. The van der Waals surface area contributed by atoms with E-state index in [0.29, 0.717) is 0 Å². The number of alkyl halides is 3. The van der Waals surface area contributed by atoms with Crippen molar-refractivity contribution >= 4 is 22.5 Å². The average molecular weight is 468 g/mol. The Hall–Kier alpha value is -2.84. The van der Waals surface area contributed by atoms with Crippen molar-refractivity contribution in [2.24, 2.45) is 0 Å². The Morgan fingerprint density at radius 2 is 1.88 bits per heavy atom. The summed E-state index contributed by atoms with van der Waals surface area (Å²) in [6.07, 6.45) is -2.25. The number of pyridine rings is 1. The molecule has 3 atom stereocenters. The maximum absolute atomic E-state index is 14.3. The van der Waals surface area contributed by atoms with E-state index in [0.717, 1.165) is 34.9 Å². The lowest BCUT2D eigenvalue weighted by molar-refractivity contribution is -0.278. The normalized spacial score (nSPS) is 25.9. The molecular weight excluding hydrogens is 450 g/mol. The molecule has 0 saturated heterocycles. The number of allylic oxidation sites excluding steroid dienone is 1. The fourth-order valence-electron chi connectivity index (χ4n) is 4.41. The van der Waals surface area contributed by atoms with E-state index in [-0.39, 0.29) is 27.2 Å². The number of fused-ring (bicyclic) bond motifs is 1. The number of hydrogen-bond acceptors (Lipinski definition) is 3. The van der Waals surface area contributed by atoms with Crippen LogP contribution in [0.1, 0.15) is 24.9 Å². The van der Waals surface area contributed by atoms with E-state index >= 15 is 0 Å². The monoisotopic (exact) mass is 467 g/mol. The third kappa shape index (κ3) is 3.47. The van der Waals surface area contributed by atoms with Crippen LogP contribution in [0.25, 0.3) is 10.9 Å². The van der Waals surface area contributed by atoms with Crippen LogP contribution in [-0.4, -0.2) is 26.6 Å². The molecule has 0 aliphatic heterocycles. The highest BCUT2D eigenvalue weighted by atomic mass is 35.5. The zero-order valence-electron chi connectivity index (χ0n) is 16.7. The summed E-state index contributed by atoms with van der Waals surface area (Å²) in [7, 11) is 0. The van der Waals surface area contributed by atoms with E-state index in [1.165, 1.54) is 37.4 Å². The van der Waals surface area contributed by atoms with Gasteiger partial charge in [0.1, 0.15) is 11.6 Å². The van der Waals surface area contributed by atoms with Gasteiger partial charge in [-0.1, -0.05) is 30.7 Å². The van der Waals surface area contributed by atoms with Gasteiger partial charge in [-0.25, -0.2) is 4.39 Å². The molecule has 9 heteroatoms. The minimum absolute atomic E-state index is 0.0808. The van der Waals surface area contributed by atoms with E-state index < -0.39 is 40.9 Å². The summed E-state index contributed by atoms with van der Waals surface area (Å²) in [6.45, 7) is 1.38. The van der Waals surface area contributed by atoms with Crippen molar-refractivity contribution in [1.82, 2.24) is 4.57 Å². The highest BCUT2D eigenvalue weighted by Crippen LogP contribution is 2.52. The SMILES string of the molecule is CC1(c2cc(F)ccc2O)C=CC(n2ccc(=O)c3ccc(Cl)cc32)C(O)(C(F)(F)F)C1. The molecule has 1 aliphatic rings. The molecule has 3 aromatic rings. The van der Waals surface area contributed by atoms with Gasteiger partial charge in [0.05, 0.1) is 11.6 Å². The number of aromatic nitrogens is 1. The molecule has 4 rings (SSSR count). The lowest BCUT2D eigenvalue weighted by Crippen LogP contribution is -2.56. The van der Waals surface area contributed by atoms with Gasteiger partial charge in [0.15, 0.2) is 11.0 Å². The molecular formula is C23H18ClF4NO3. The number of hydrogen-bond donors (Lipinski definition) is 2. The molecule has 0 spiro atoms. The van der Waals surface area contributed by atoms with Crippen LogP contribution in [0.3, 0.4) is 0 Å². The van der Waals surface area contributed by atoms with Crippen LogP contribution in [0.15, 0.2) is 65.6 Å². The minimum Gasteiger partial charge on any atom is -0.508 e.